The number of carbonyl (C=O) groups is 3. The molecule has 0 saturated heterocycles. The first-order valence-electron chi connectivity index (χ1n) is 15.2. The second kappa shape index (κ2) is 16.9. The average Bonchev–Trinajstić information content (AvgIpc) is 3.15. The van der Waals surface area contributed by atoms with Crippen molar-refractivity contribution < 1.29 is 42.8 Å². The lowest BCUT2D eigenvalue weighted by Crippen LogP contribution is -2.34. The highest BCUT2D eigenvalue weighted by Gasteiger charge is 2.33. The number of benzene rings is 5. The van der Waals surface area contributed by atoms with E-state index in [-0.39, 0.29) is 23.7 Å². The van der Waals surface area contributed by atoms with Gasteiger partial charge in [0.25, 0.3) is 0 Å². The molecule has 5 aromatic carbocycles. The van der Waals surface area contributed by atoms with Crippen molar-refractivity contribution in [2.45, 2.75) is 18.8 Å². The number of hydrogen-bond acceptors (Lipinski definition) is 9. The SMILES string of the molecule is COc1cc([C@H](OC(=O)c2cccc(Cl)c2)[C@@H](COC(=O)c2ccccc2)Oc2ccc(C=O)cc2OC)ccc1OCc1ccccc1. The molecule has 10 heteroatoms. The van der Waals surface area contributed by atoms with Crippen LogP contribution in [0.15, 0.2) is 121 Å². The van der Waals surface area contributed by atoms with E-state index in [0.29, 0.717) is 46.1 Å². The number of methoxy groups -OCH3 is 2. The summed E-state index contributed by atoms with van der Waals surface area (Å²) in [7, 11) is 2.92. The van der Waals surface area contributed by atoms with Gasteiger partial charge in [0.1, 0.15) is 19.5 Å². The molecule has 0 aliphatic heterocycles. The van der Waals surface area contributed by atoms with E-state index in [1.54, 1.807) is 78.9 Å². The normalized spacial score (nSPS) is 11.8. The second-order valence-electron chi connectivity index (χ2n) is 10.7. The van der Waals surface area contributed by atoms with Gasteiger partial charge in [0.05, 0.1) is 25.3 Å². The summed E-state index contributed by atoms with van der Waals surface area (Å²) >= 11 is 6.19. The van der Waals surface area contributed by atoms with E-state index in [0.717, 1.165) is 5.56 Å². The molecular weight excluding hydrogens is 648 g/mol. The van der Waals surface area contributed by atoms with E-state index in [1.807, 2.05) is 30.3 Å². The maximum atomic E-state index is 13.6. The van der Waals surface area contributed by atoms with E-state index in [9.17, 15) is 14.4 Å². The minimum atomic E-state index is -1.18. The Morgan fingerprint density at radius 3 is 2.06 bits per heavy atom. The van der Waals surface area contributed by atoms with E-state index >= 15 is 0 Å². The molecule has 5 rings (SSSR count). The third-order valence-corrected chi connectivity index (χ3v) is 7.61. The summed E-state index contributed by atoms with van der Waals surface area (Å²) in [4.78, 5) is 38.2. The monoisotopic (exact) mass is 680 g/mol. The first-order valence-corrected chi connectivity index (χ1v) is 15.6. The quantitative estimate of drug-likeness (QED) is 0.0804. The summed E-state index contributed by atoms with van der Waals surface area (Å²) in [6.45, 7) is -0.0597. The van der Waals surface area contributed by atoms with Gasteiger partial charge in [0.15, 0.2) is 35.2 Å². The Morgan fingerprint density at radius 1 is 0.694 bits per heavy atom. The molecular formula is C39H33ClO9. The van der Waals surface area contributed by atoms with Crippen LogP contribution in [0.3, 0.4) is 0 Å². The lowest BCUT2D eigenvalue weighted by atomic mass is 10.0. The average molecular weight is 681 g/mol. The van der Waals surface area contributed by atoms with Crippen molar-refractivity contribution in [1.82, 2.24) is 0 Å². The number of esters is 2. The third kappa shape index (κ3) is 9.18. The molecule has 0 amide bonds. The number of halogens is 1. The molecule has 0 unspecified atom stereocenters. The van der Waals surface area contributed by atoms with Crippen LogP contribution in [-0.4, -0.2) is 45.2 Å². The molecule has 0 fully saturated rings. The molecule has 49 heavy (non-hydrogen) atoms. The smallest absolute Gasteiger partial charge is 0.338 e. The van der Waals surface area contributed by atoms with Gasteiger partial charge in [0.2, 0.25) is 0 Å². The predicted molar refractivity (Wildman–Crippen MR) is 183 cm³/mol. The van der Waals surface area contributed by atoms with Crippen molar-refractivity contribution in [1.29, 1.82) is 0 Å². The number of aldehydes is 1. The summed E-state index contributed by atoms with van der Waals surface area (Å²) in [5, 5.41) is 0.345. The highest BCUT2D eigenvalue weighted by molar-refractivity contribution is 6.30. The Bertz CT molecular complexity index is 1880. The summed E-state index contributed by atoms with van der Waals surface area (Å²) in [6.07, 6.45) is -1.63. The zero-order valence-electron chi connectivity index (χ0n) is 26.7. The molecule has 0 saturated carbocycles. The molecule has 0 aliphatic rings. The van der Waals surface area contributed by atoms with Gasteiger partial charge >= 0.3 is 11.9 Å². The molecule has 2 atom stereocenters. The zero-order chi connectivity index (χ0) is 34.6. The predicted octanol–water partition coefficient (Wildman–Crippen LogP) is 7.95. The lowest BCUT2D eigenvalue weighted by molar-refractivity contribution is -0.0357. The van der Waals surface area contributed by atoms with Crippen molar-refractivity contribution in [2.24, 2.45) is 0 Å². The highest BCUT2D eigenvalue weighted by Crippen LogP contribution is 2.37. The Kier molecular flexibility index (Phi) is 11.9. The van der Waals surface area contributed by atoms with Gasteiger partial charge in [0, 0.05) is 16.1 Å². The molecule has 0 N–H and O–H groups in total. The summed E-state index contributed by atoms with van der Waals surface area (Å²) in [5.74, 6) is -0.0420. The first kappa shape index (κ1) is 34.5. The van der Waals surface area contributed by atoms with E-state index in [4.69, 9.17) is 40.0 Å². The van der Waals surface area contributed by atoms with Crippen LogP contribution in [0.25, 0.3) is 0 Å². The molecule has 0 radical (unpaired) electrons. The van der Waals surface area contributed by atoms with Gasteiger partial charge in [-0.15, -0.1) is 0 Å². The van der Waals surface area contributed by atoms with Crippen molar-refractivity contribution in [2.75, 3.05) is 20.8 Å². The fraction of sp³-hybridized carbons (Fsp3) is 0.154. The number of rotatable bonds is 15. The van der Waals surface area contributed by atoms with Crippen molar-refractivity contribution >= 4 is 29.8 Å². The summed E-state index contributed by atoms with van der Waals surface area (Å²) < 4.78 is 35.5. The topological polar surface area (TPSA) is 107 Å². The van der Waals surface area contributed by atoms with Gasteiger partial charge in [-0.1, -0.05) is 72.3 Å². The minimum Gasteiger partial charge on any atom is -0.493 e. The van der Waals surface area contributed by atoms with Crippen LogP contribution in [0.1, 0.15) is 48.3 Å². The van der Waals surface area contributed by atoms with Crippen LogP contribution in [0.2, 0.25) is 5.02 Å². The molecule has 5 aromatic rings. The van der Waals surface area contributed by atoms with Crippen molar-refractivity contribution in [3.05, 3.63) is 154 Å². The van der Waals surface area contributed by atoms with Gasteiger partial charge in [-0.2, -0.15) is 0 Å². The fourth-order valence-corrected chi connectivity index (χ4v) is 5.08. The first-order chi connectivity index (χ1) is 23.9. The molecule has 9 nitrogen and oxygen atoms in total. The third-order valence-electron chi connectivity index (χ3n) is 7.38. The lowest BCUT2D eigenvalue weighted by Gasteiger charge is -2.29. The highest BCUT2D eigenvalue weighted by atomic mass is 35.5. The number of hydrogen-bond donors (Lipinski definition) is 0. The fourth-order valence-electron chi connectivity index (χ4n) is 4.89. The van der Waals surface area contributed by atoms with Crippen molar-refractivity contribution in [3.8, 4) is 23.0 Å². The minimum absolute atomic E-state index is 0.195. The van der Waals surface area contributed by atoms with Crippen LogP contribution in [0.4, 0.5) is 0 Å². The van der Waals surface area contributed by atoms with Gasteiger partial charge in [-0.25, -0.2) is 9.59 Å². The maximum Gasteiger partial charge on any atom is 0.338 e. The molecule has 0 heterocycles. The largest absolute Gasteiger partial charge is 0.493 e. The Labute approximate surface area is 288 Å². The summed E-state index contributed by atoms with van der Waals surface area (Å²) in [6, 6.07) is 34.1. The van der Waals surface area contributed by atoms with Crippen LogP contribution in [0.5, 0.6) is 23.0 Å². The van der Waals surface area contributed by atoms with Crippen molar-refractivity contribution in [3.63, 3.8) is 0 Å². The Morgan fingerprint density at radius 2 is 1.37 bits per heavy atom. The molecule has 0 aromatic heterocycles. The Balaban J connectivity index is 1.54. The summed E-state index contributed by atoms with van der Waals surface area (Å²) in [5.41, 5.74) is 2.29. The van der Waals surface area contributed by atoms with Crippen LogP contribution in [0, 0.1) is 0 Å². The van der Waals surface area contributed by atoms with Crippen LogP contribution in [-0.2, 0) is 16.1 Å². The molecule has 0 aliphatic carbocycles. The number of ether oxygens (including phenoxy) is 6. The molecule has 0 spiro atoms. The van der Waals surface area contributed by atoms with Gasteiger partial charge in [-0.05, 0) is 66.2 Å². The van der Waals surface area contributed by atoms with E-state index in [2.05, 4.69) is 0 Å². The van der Waals surface area contributed by atoms with Crippen LogP contribution < -0.4 is 18.9 Å². The molecule has 0 bridgehead atoms. The zero-order valence-corrected chi connectivity index (χ0v) is 27.5. The van der Waals surface area contributed by atoms with E-state index in [1.165, 1.54) is 26.4 Å². The maximum absolute atomic E-state index is 13.6. The Hall–Kier alpha value is -5.80. The van der Waals surface area contributed by atoms with Gasteiger partial charge in [-0.3, -0.25) is 4.79 Å². The number of carbonyl (C=O) groups excluding carboxylic acids is 3. The second-order valence-corrected chi connectivity index (χ2v) is 11.1. The molecule has 250 valence electrons. The standard InChI is InChI=1S/C39H33ClO9/c1-44-34-20-27(23-41)16-18-33(34)48-36(25-47-38(42)28-12-7-4-8-13-28)37(49-39(43)30-14-9-15-31(40)21-30)29-17-19-32(35(22-29)45-2)46-24-26-10-5-3-6-11-26/h3-23,36-37H,24-25H2,1-2H3/t36-,37+/m1/s1. The van der Waals surface area contributed by atoms with Gasteiger partial charge < -0.3 is 28.4 Å². The van der Waals surface area contributed by atoms with E-state index < -0.39 is 24.1 Å². The van der Waals surface area contributed by atoms with Crippen LogP contribution >= 0.6 is 11.6 Å².